The third-order valence-corrected chi connectivity index (χ3v) is 12.2. The van der Waals surface area contributed by atoms with Crippen molar-refractivity contribution in [2.45, 2.75) is 71.5 Å². The molecule has 0 bridgehead atoms. The summed E-state index contributed by atoms with van der Waals surface area (Å²) in [4.78, 5) is 72.0. The molecule has 3 amide bonds. The SMILES string of the molecule is C=CC(CC)=NC.CC.O=C(CN1CCC(OC2CCN(C(=O)c3ncc(-c4ccccc4)cn3)CC2)CC1)N1CCN(C(=O)c2cc(Cc3n[nH]c(=O)c4ccccc34)ccc2F)CC1. The summed E-state index contributed by atoms with van der Waals surface area (Å²) in [5.41, 5.74) is 3.96. The van der Waals surface area contributed by atoms with Gasteiger partial charge < -0.3 is 19.4 Å². The number of hydrogen-bond acceptors (Lipinski definition) is 10. The van der Waals surface area contributed by atoms with Gasteiger partial charge in [0.05, 0.1) is 35.4 Å². The van der Waals surface area contributed by atoms with Crippen LogP contribution in [0.3, 0.4) is 0 Å². The number of likely N-dealkylation sites (tertiary alicyclic amines) is 2. The molecule has 1 N–H and O–H groups in total. The molecule has 3 aromatic carbocycles. The quantitative estimate of drug-likeness (QED) is 0.140. The van der Waals surface area contributed by atoms with Gasteiger partial charge in [0, 0.05) is 94.9 Å². The highest BCUT2D eigenvalue weighted by Crippen LogP contribution is 2.24. The van der Waals surface area contributed by atoms with E-state index in [1.807, 2.05) is 56.3 Å². The van der Waals surface area contributed by atoms with Crippen LogP contribution in [0.5, 0.6) is 0 Å². The third-order valence-electron chi connectivity index (χ3n) is 12.2. The predicted molar refractivity (Wildman–Crippen MR) is 256 cm³/mol. The van der Waals surface area contributed by atoms with E-state index in [1.54, 1.807) is 64.5 Å². The number of amides is 3. The number of hydrogen-bond donors (Lipinski definition) is 1. The van der Waals surface area contributed by atoms with Gasteiger partial charge >= 0.3 is 0 Å². The fourth-order valence-electron chi connectivity index (χ4n) is 8.39. The van der Waals surface area contributed by atoms with E-state index in [0.29, 0.717) is 74.3 Å². The molecule has 0 saturated carbocycles. The average molecular weight is 900 g/mol. The second-order valence-electron chi connectivity index (χ2n) is 16.2. The van der Waals surface area contributed by atoms with E-state index in [2.05, 4.69) is 43.6 Å². The Morgan fingerprint density at radius 3 is 1.98 bits per heavy atom. The van der Waals surface area contributed by atoms with Crippen LogP contribution in [-0.2, 0) is 16.0 Å². The number of nitrogens with one attached hydrogen (secondary N) is 1. The molecule has 5 aromatic rings. The van der Waals surface area contributed by atoms with Crippen molar-refractivity contribution in [3.05, 3.63) is 137 Å². The zero-order chi connectivity index (χ0) is 47.0. The van der Waals surface area contributed by atoms with Gasteiger partial charge in [-0.05, 0) is 67.5 Å². The minimum atomic E-state index is -0.606. The third kappa shape index (κ3) is 12.7. The van der Waals surface area contributed by atoms with Crippen molar-refractivity contribution in [1.82, 2.24) is 39.8 Å². The Balaban J connectivity index is 0.000000733. The summed E-state index contributed by atoms with van der Waals surface area (Å²) in [6.45, 7) is 14.0. The van der Waals surface area contributed by atoms with Gasteiger partial charge in [-0.1, -0.05) is 81.9 Å². The lowest BCUT2D eigenvalue weighted by molar-refractivity contribution is -0.135. The molecule has 2 aromatic heterocycles. The Hall–Kier alpha value is -6.45. The van der Waals surface area contributed by atoms with Gasteiger partial charge in [0.1, 0.15) is 5.82 Å². The highest BCUT2D eigenvalue weighted by atomic mass is 19.1. The second-order valence-corrected chi connectivity index (χ2v) is 16.2. The Bertz CT molecular complexity index is 2490. The lowest BCUT2D eigenvalue weighted by Gasteiger charge is -2.38. The minimum Gasteiger partial charge on any atom is -0.375 e. The molecule has 3 saturated heterocycles. The lowest BCUT2D eigenvalue weighted by Crippen LogP contribution is -2.53. The Kier molecular flexibility index (Phi) is 18.0. The van der Waals surface area contributed by atoms with Crippen molar-refractivity contribution in [3.8, 4) is 11.1 Å². The molecule has 348 valence electrons. The van der Waals surface area contributed by atoms with Crippen LogP contribution >= 0.6 is 0 Å². The van der Waals surface area contributed by atoms with E-state index in [9.17, 15) is 23.6 Å². The first kappa shape index (κ1) is 49.0. The Morgan fingerprint density at radius 1 is 0.788 bits per heavy atom. The molecule has 14 nitrogen and oxygen atoms in total. The first-order valence-electron chi connectivity index (χ1n) is 23.1. The summed E-state index contributed by atoms with van der Waals surface area (Å²) in [5.74, 6) is -0.957. The van der Waals surface area contributed by atoms with Crippen LogP contribution < -0.4 is 5.56 Å². The van der Waals surface area contributed by atoms with Gasteiger partial charge in [0.2, 0.25) is 11.7 Å². The van der Waals surface area contributed by atoms with Gasteiger partial charge in [-0.3, -0.25) is 29.1 Å². The number of piperidine rings is 2. The number of rotatable bonds is 11. The second kappa shape index (κ2) is 24.2. The molecule has 3 aliphatic rings. The van der Waals surface area contributed by atoms with Crippen molar-refractivity contribution in [1.29, 1.82) is 0 Å². The fourth-order valence-corrected chi connectivity index (χ4v) is 8.39. The van der Waals surface area contributed by atoms with Crippen LogP contribution in [-0.4, -0.2) is 141 Å². The summed E-state index contributed by atoms with van der Waals surface area (Å²) >= 11 is 0. The van der Waals surface area contributed by atoms with Crippen molar-refractivity contribution < 1.29 is 23.5 Å². The number of aliphatic imine (C=N–C) groups is 1. The molecule has 0 atom stereocenters. The maximum absolute atomic E-state index is 15.0. The zero-order valence-electron chi connectivity index (χ0n) is 38.6. The fraction of sp³-hybridized carbons (Fsp3) is 0.412. The first-order chi connectivity index (χ1) is 32.1. The summed E-state index contributed by atoms with van der Waals surface area (Å²) in [6.07, 6.45) is 9.82. The van der Waals surface area contributed by atoms with Crippen LogP contribution in [0.25, 0.3) is 21.9 Å². The largest absolute Gasteiger partial charge is 0.375 e. The van der Waals surface area contributed by atoms with Crippen molar-refractivity contribution >= 4 is 34.2 Å². The van der Waals surface area contributed by atoms with Crippen molar-refractivity contribution in [3.63, 3.8) is 0 Å². The van der Waals surface area contributed by atoms with Gasteiger partial charge in [0.15, 0.2) is 0 Å². The maximum Gasteiger partial charge on any atom is 0.291 e. The minimum absolute atomic E-state index is 0.0194. The molecule has 3 fully saturated rings. The normalized spacial score (nSPS) is 16.2. The van der Waals surface area contributed by atoms with E-state index in [4.69, 9.17) is 4.74 Å². The topological polar surface area (TPSA) is 157 Å². The van der Waals surface area contributed by atoms with Crippen LogP contribution in [0.15, 0.2) is 108 Å². The van der Waals surface area contributed by atoms with Crippen LogP contribution in [0.1, 0.15) is 85.1 Å². The molecule has 0 aliphatic carbocycles. The number of carbonyl (C=O) groups excluding carboxylic acids is 3. The predicted octanol–water partition coefficient (Wildman–Crippen LogP) is 6.86. The highest BCUT2D eigenvalue weighted by Gasteiger charge is 2.31. The summed E-state index contributed by atoms with van der Waals surface area (Å²) in [6, 6.07) is 21.5. The summed E-state index contributed by atoms with van der Waals surface area (Å²) < 4.78 is 21.5. The monoisotopic (exact) mass is 899 g/mol. The van der Waals surface area contributed by atoms with Crippen molar-refractivity contribution in [2.75, 3.05) is 66.0 Å². The van der Waals surface area contributed by atoms with Gasteiger partial charge in [-0.25, -0.2) is 19.5 Å². The van der Waals surface area contributed by atoms with E-state index in [0.717, 1.165) is 62.0 Å². The molecule has 3 aliphatic heterocycles. The number of fused-ring (bicyclic) bond motifs is 1. The first-order valence-corrected chi connectivity index (χ1v) is 23.1. The average Bonchev–Trinajstić information content (AvgIpc) is 3.37. The molecule has 0 unspecified atom stereocenters. The van der Waals surface area contributed by atoms with E-state index < -0.39 is 11.7 Å². The number of halogens is 1. The number of allylic oxidation sites excluding steroid dienone is 1. The van der Waals surface area contributed by atoms with Crippen LogP contribution in [0.2, 0.25) is 0 Å². The number of piperazine rings is 1. The number of ether oxygens (including phenoxy) is 1. The Morgan fingerprint density at radius 2 is 1.38 bits per heavy atom. The van der Waals surface area contributed by atoms with Crippen LogP contribution in [0, 0.1) is 5.82 Å². The standard InChI is InChI=1S/C43H45FN8O5.C6H11N.C2H6/c44-37-11-10-29(25-38-34-8-4-5-9-35(34)41(54)48-47-38)24-36(37)42(55)52-22-20-50(21-23-52)39(53)28-49-16-12-32(13-17-49)57-33-14-18-51(19-15-33)43(56)40-45-26-31(27-46-40)30-6-2-1-3-7-30;1-4-6(5-2)7-3;1-2/h1-11,24,26-27,32-33H,12-23,25,28H2,(H,48,54);4H,1,5H2,2-3H3;1-2H3. The smallest absolute Gasteiger partial charge is 0.291 e. The Labute approximate surface area is 386 Å². The van der Waals surface area contributed by atoms with Gasteiger partial charge in [0.25, 0.3) is 17.4 Å². The maximum atomic E-state index is 15.0. The number of aromatic nitrogens is 4. The zero-order valence-corrected chi connectivity index (χ0v) is 38.6. The molecule has 0 radical (unpaired) electrons. The molecular weight excluding hydrogens is 838 g/mol. The number of nitrogens with zero attached hydrogens (tertiary/aromatic N) is 8. The van der Waals surface area contributed by atoms with E-state index in [1.165, 1.54) is 6.07 Å². The van der Waals surface area contributed by atoms with Crippen LogP contribution in [0.4, 0.5) is 4.39 Å². The number of carbonyl (C=O) groups is 3. The molecule has 5 heterocycles. The van der Waals surface area contributed by atoms with E-state index in [-0.39, 0.29) is 41.0 Å². The summed E-state index contributed by atoms with van der Waals surface area (Å²) in [5, 5.41) is 7.96. The molecule has 8 rings (SSSR count). The molecular formula is C51H62FN9O5. The van der Waals surface area contributed by atoms with Crippen molar-refractivity contribution in [2.24, 2.45) is 4.99 Å². The number of H-pyrrole nitrogens is 1. The lowest BCUT2D eigenvalue weighted by atomic mass is 10.0. The molecule has 66 heavy (non-hydrogen) atoms. The highest BCUT2D eigenvalue weighted by molar-refractivity contribution is 5.95. The molecule has 15 heteroatoms. The van der Waals surface area contributed by atoms with Gasteiger partial charge in [-0.2, -0.15) is 5.10 Å². The van der Waals surface area contributed by atoms with Gasteiger partial charge in [-0.15, -0.1) is 0 Å². The number of benzene rings is 3. The molecule has 0 spiro atoms. The number of aromatic amines is 1. The van der Waals surface area contributed by atoms with E-state index >= 15 is 0 Å². The summed E-state index contributed by atoms with van der Waals surface area (Å²) in [7, 11) is 1.78.